The van der Waals surface area contributed by atoms with Crippen LogP contribution >= 0.6 is 24.8 Å². The molecule has 7 heavy (non-hydrogen) atoms. The van der Waals surface area contributed by atoms with E-state index in [0.717, 1.165) is 0 Å². The third kappa shape index (κ3) is 19.6. The molecule has 0 radical (unpaired) electrons. The summed E-state index contributed by atoms with van der Waals surface area (Å²) in [5.74, 6) is 0. The predicted molar refractivity (Wildman–Crippen MR) is 47.8 cm³/mol. The summed E-state index contributed by atoms with van der Waals surface area (Å²) in [6, 6.07) is 0. The Balaban J connectivity index is -0.0000000800. The Morgan fingerprint density at radius 2 is 1.57 bits per heavy atom. The lowest BCUT2D eigenvalue weighted by molar-refractivity contribution is 2.13. The third-order valence-electron chi connectivity index (χ3n) is 0.0781. The zero-order chi connectivity index (χ0) is 4.28. The molecule has 0 unspecified atom stereocenters. The lowest BCUT2D eigenvalue weighted by atomic mass is 11.9. The summed E-state index contributed by atoms with van der Waals surface area (Å²) in [5.41, 5.74) is 0. The molecule has 0 amide bonds. The van der Waals surface area contributed by atoms with Gasteiger partial charge in [-0.05, 0) is 11.2 Å². The van der Waals surface area contributed by atoms with Crippen molar-refractivity contribution in [1.82, 2.24) is 12.3 Å². The van der Waals surface area contributed by atoms with Crippen LogP contribution in [0.3, 0.4) is 0 Å². The Labute approximate surface area is 62.3 Å². The minimum Gasteiger partial charge on any atom is -0.344 e. The lowest BCUT2D eigenvalue weighted by Gasteiger charge is -1.66. The Hall–Kier alpha value is 0.930. The van der Waals surface area contributed by atoms with E-state index < -0.39 is 0 Å². The largest absolute Gasteiger partial charge is 0.344 e. The van der Waals surface area contributed by atoms with Crippen molar-refractivity contribution < 1.29 is 0 Å². The van der Waals surface area contributed by atoms with E-state index in [-0.39, 0.29) is 12.3 Å². The van der Waals surface area contributed by atoms with E-state index >= 15 is 0 Å². The molecular weight excluding hydrogens is 168 g/mol. The van der Waals surface area contributed by atoms with E-state index in [4.69, 9.17) is 0 Å². The first kappa shape index (κ1) is 15.7. The lowest BCUT2D eigenvalue weighted by Crippen LogP contribution is -1.66. The molecule has 6 heteroatoms. The van der Waals surface area contributed by atoms with Crippen molar-refractivity contribution >= 4 is 49.9 Å². The van der Waals surface area contributed by atoms with E-state index in [1.165, 1.54) is 0 Å². The molecule has 0 heterocycles. The smallest absolute Gasteiger partial charge is 0.102 e. The molecule has 0 fully saturated rings. The van der Waals surface area contributed by atoms with Gasteiger partial charge in [0.15, 0.2) is 0 Å². The van der Waals surface area contributed by atoms with Gasteiger partial charge in [-0.15, -0.1) is 12.6 Å². The summed E-state index contributed by atoms with van der Waals surface area (Å²) in [6.07, 6.45) is 0. The van der Waals surface area contributed by atoms with E-state index in [1.54, 1.807) is 0 Å². The molecule has 0 spiro atoms. The van der Waals surface area contributed by atoms with Crippen LogP contribution < -0.4 is 12.3 Å². The average Bonchev–Trinajstić information content (AvgIpc) is 1.38. The van der Waals surface area contributed by atoms with E-state index in [9.17, 15) is 0 Å². The number of thiol groups is 2. The van der Waals surface area contributed by atoms with Gasteiger partial charge >= 0.3 is 0 Å². The molecule has 0 aromatic heterocycles. The maximum Gasteiger partial charge on any atom is 0.102 e. The minimum absolute atomic E-state index is 0. The Morgan fingerprint density at radius 3 is 1.57 bits per heavy atom. The third-order valence-corrected chi connectivity index (χ3v) is 2.11. The zero-order valence-corrected chi connectivity index (χ0v) is 7.05. The molecular formula is CH8N2S4. The van der Waals surface area contributed by atoms with Gasteiger partial charge in [0.25, 0.3) is 0 Å². The molecule has 0 saturated heterocycles. The van der Waals surface area contributed by atoms with Gasteiger partial charge in [0.1, 0.15) is 3.53 Å². The van der Waals surface area contributed by atoms with Gasteiger partial charge in [-0.25, -0.2) is 0 Å². The molecule has 0 bridgehead atoms. The summed E-state index contributed by atoms with van der Waals surface area (Å²) < 4.78 is 0.569. The van der Waals surface area contributed by atoms with Gasteiger partial charge in [-0.3, -0.25) is 0 Å². The van der Waals surface area contributed by atoms with Crippen LogP contribution in [0.5, 0.6) is 0 Å². The molecule has 0 rings (SSSR count). The van der Waals surface area contributed by atoms with E-state index in [2.05, 4.69) is 36.0 Å². The van der Waals surface area contributed by atoms with E-state index in [0.29, 0.717) is 13.8 Å². The maximum absolute atomic E-state index is 4.44. The minimum atomic E-state index is 0. The number of hydrogen-bond donors (Lipinski definition) is 4. The van der Waals surface area contributed by atoms with Gasteiger partial charge in [0.05, 0.1) is 0 Å². The highest BCUT2D eigenvalue weighted by atomic mass is 32.8. The molecule has 0 aromatic carbocycles. The Bertz CT molecular complexity index is 60.7. The van der Waals surface area contributed by atoms with Crippen LogP contribution in [0.4, 0.5) is 0 Å². The molecule has 0 saturated carbocycles. The second-order valence-electron chi connectivity index (χ2n) is 0.374. The fourth-order valence-electron chi connectivity index (χ4n) is 0. The molecule has 0 aliphatic carbocycles. The molecule has 0 aliphatic rings. The number of hydrogen-bond acceptors (Lipinski definition) is 4. The SMILES string of the molecule is N.N.S=[SH]C(=S)S. The summed E-state index contributed by atoms with van der Waals surface area (Å²) in [7, 11) is 0.676. The van der Waals surface area contributed by atoms with Crippen molar-refractivity contribution in [1.29, 1.82) is 0 Å². The highest BCUT2D eigenvalue weighted by molar-refractivity contribution is 8.44. The van der Waals surface area contributed by atoms with Gasteiger partial charge < -0.3 is 12.3 Å². The van der Waals surface area contributed by atoms with E-state index in [1.807, 2.05) is 0 Å². The average molecular weight is 176 g/mol. The Kier molecular flexibility index (Phi) is 22.4. The maximum atomic E-state index is 4.44. The van der Waals surface area contributed by atoms with Gasteiger partial charge in [-0.2, -0.15) is 0 Å². The first-order valence-corrected chi connectivity index (χ1v) is 3.60. The first-order chi connectivity index (χ1) is 2.27. The van der Waals surface area contributed by atoms with Crippen molar-refractivity contribution in [3.63, 3.8) is 0 Å². The number of rotatable bonds is 0. The molecule has 2 nitrogen and oxygen atoms in total. The summed E-state index contributed by atoms with van der Waals surface area (Å²) in [4.78, 5) is 0. The van der Waals surface area contributed by atoms with Crippen molar-refractivity contribution in [3.05, 3.63) is 0 Å². The van der Waals surface area contributed by atoms with Crippen molar-refractivity contribution in [2.75, 3.05) is 0 Å². The van der Waals surface area contributed by atoms with Gasteiger partial charge in [0.2, 0.25) is 0 Å². The fraction of sp³-hybridized carbons (Fsp3) is 0. The van der Waals surface area contributed by atoms with Crippen LogP contribution in [0.1, 0.15) is 0 Å². The summed E-state index contributed by atoms with van der Waals surface area (Å²) >= 11 is 12.6. The molecule has 0 aromatic rings. The Morgan fingerprint density at radius 1 is 1.43 bits per heavy atom. The van der Waals surface area contributed by atoms with Crippen LogP contribution in [-0.2, 0) is 21.5 Å². The highest BCUT2D eigenvalue weighted by Gasteiger charge is 1.65. The molecule has 0 aliphatic heterocycles. The normalized spacial score (nSPS) is 5.29. The van der Waals surface area contributed by atoms with Crippen molar-refractivity contribution in [3.8, 4) is 0 Å². The van der Waals surface area contributed by atoms with Crippen LogP contribution in [0, 0.1) is 0 Å². The monoisotopic (exact) mass is 176 g/mol. The quantitative estimate of drug-likeness (QED) is 0.325. The van der Waals surface area contributed by atoms with Crippen molar-refractivity contribution in [2.45, 2.75) is 0 Å². The summed E-state index contributed by atoms with van der Waals surface area (Å²) in [6.45, 7) is 0. The van der Waals surface area contributed by atoms with Crippen LogP contribution in [-0.4, -0.2) is 3.53 Å². The standard InChI is InChI=1S/CH2S4.2H3N/c2-1(3)5-4;;/h5H,(H,2,3);2*1H3. The second kappa shape index (κ2) is 10.0. The summed E-state index contributed by atoms with van der Waals surface area (Å²) in [5, 5.41) is 0. The molecule has 46 valence electrons. The number of thiocarbonyl (C=S) groups is 1. The topological polar surface area (TPSA) is 70.0 Å². The highest BCUT2D eigenvalue weighted by Crippen LogP contribution is 1.76. The van der Waals surface area contributed by atoms with Crippen LogP contribution in [0.15, 0.2) is 0 Å². The van der Waals surface area contributed by atoms with Crippen LogP contribution in [0.2, 0.25) is 0 Å². The van der Waals surface area contributed by atoms with Gasteiger partial charge in [-0.1, -0.05) is 22.5 Å². The molecule has 0 atom stereocenters. The van der Waals surface area contributed by atoms with Crippen LogP contribution in [0.25, 0.3) is 0 Å². The van der Waals surface area contributed by atoms with Crippen molar-refractivity contribution in [2.24, 2.45) is 0 Å². The zero-order valence-electron chi connectivity index (χ0n) is 3.63. The second-order valence-corrected chi connectivity index (χ2v) is 3.36. The molecule has 6 N–H and O–H groups in total. The first-order valence-electron chi connectivity index (χ1n) is 0.834. The predicted octanol–water partition coefficient (Wildman–Crippen LogP) is 0.802. The van der Waals surface area contributed by atoms with Gasteiger partial charge in [0, 0.05) is 0 Å². The fourth-order valence-corrected chi connectivity index (χ4v) is 0.